The van der Waals surface area contributed by atoms with Gasteiger partial charge in [-0.3, -0.25) is 24.0 Å². The van der Waals surface area contributed by atoms with Gasteiger partial charge < -0.3 is 5.32 Å². The highest BCUT2D eigenvalue weighted by Crippen LogP contribution is 2.29. The Morgan fingerprint density at radius 2 is 2.03 bits per heavy atom. The van der Waals surface area contributed by atoms with E-state index in [2.05, 4.69) is 25.7 Å². The van der Waals surface area contributed by atoms with Crippen LogP contribution < -0.4 is 10.2 Å². The van der Waals surface area contributed by atoms with E-state index in [4.69, 9.17) is 0 Å². The van der Waals surface area contributed by atoms with Crippen LogP contribution in [0.1, 0.15) is 18.7 Å². The van der Waals surface area contributed by atoms with Gasteiger partial charge in [-0.25, -0.2) is 0 Å². The molecule has 1 fully saturated rings. The van der Waals surface area contributed by atoms with Crippen molar-refractivity contribution in [3.63, 3.8) is 0 Å². The number of nitrogens with one attached hydrogen (secondary N) is 2. The molecule has 4 heterocycles. The normalized spacial score (nSPS) is 16.6. The molecule has 4 aromatic rings. The molecule has 9 nitrogen and oxygen atoms in total. The number of carbonyl (C=O) groups excluding carboxylic acids is 2. The van der Waals surface area contributed by atoms with Crippen LogP contribution >= 0.6 is 0 Å². The van der Waals surface area contributed by atoms with E-state index in [0.29, 0.717) is 25.3 Å². The molecule has 0 aliphatic carbocycles. The number of rotatable bonds is 6. The average Bonchev–Trinajstić information content (AvgIpc) is 3.47. The number of hydrogen-bond acceptors (Lipinski definition) is 5. The first-order valence-electron chi connectivity index (χ1n) is 10.0. The highest BCUT2D eigenvalue weighted by atomic mass is 16.2. The summed E-state index contributed by atoms with van der Waals surface area (Å²) in [5, 5.41) is 19.4. The van der Waals surface area contributed by atoms with E-state index in [1.165, 1.54) is 0 Å². The Kier molecular flexibility index (Phi) is 4.62. The van der Waals surface area contributed by atoms with Crippen molar-refractivity contribution in [1.82, 2.24) is 30.1 Å². The summed E-state index contributed by atoms with van der Waals surface area (Å²) >= 11 is 0. The fourth-order valence-corrected chi connectivity index (χ4v) is 3.91. The number of anilines is 1. The molecule has 1 atom stereocenters. The summed E-state index contributed by atoms with van der Waals surface area (Å²) in [6, 6.07) is 13.4. The number of aromatic amines is 1. The largest absolute Gasteiger partial charge is 0.356 e. The number of aromatic nitrogens is 5. The maximum absolute atomic E-state index is 12.6. The lowest BCUT2D eigenvalue weighted by atomic mass is 10.1. The van der Waals surface area contributed by atoms with Crippen molar-refractivity contribution in [2.45, 2.75) is 19.3 Å². The highest BCUT2D eigenvalue weighted by molar-refractivity contribution is 6.05. The van der Waals surface area contributed by atoms with Crippen LogP contribution in [-0.4, -0.2) is 49.7 Å². The summed E-state index contributed by atoms with van der Waals surface area (Å²) in [6.45, 7) is 0.866. The van der Waals surface area contributed by atoms with Crippen molar-refractivity contribution < 1.29 is 9.59 Å². The number of H-pyrrole nitrogens is 1. The van der Waals surface area contributed by atoms with Gasteiger partial charge in [-0.05, 0) is 30.7 Å². The van der Waals surface area contributed by atoms with E-state index >= 15 is 0 Å². The zero-order chi connectivity index (χ0) is 20.5. The molecule has 9 heteroatoms. The second kappa shape index (κ2) is 7.58. The van der Waals surface area contributed by atoms with E-state index < -0.39 is 0 Å². The highest BCUT2D eigenvalue weighted by Gasteiger charge is 2.36. The van der Waals surface area contributed by atoms with E-state index in [1.807, 2.05) is 53.1 Å². The van der Waals surface area contributed by atoms with Crippen LogP contribution in [0.2, 0.25) is 0 Å². The molecular weight excluding hydrogens is 382 g/mol. The van der Waals surface area contributed by atoms with Crippen LogP contribution in [0.5, 0.6) is 0 Å². The minimum absolute atomic E-state index is 0.0812. The molecule has 1 aliphatic rings. The molecule has 0 radical (unpaired) electrons. The lowest BCUT2D eigenvalue weighted by molar-refractivity contribution is -0.126. The number of aryl methyl sites for hydroxylation is 1. The Bertz CT molecular complexity index is 1230. The van der Waals surface area contributed by atoms with Gasteiger partial charge in [-0.15, -0.1) is 10.2 Å². The van der Waals surface area contributed by atoms with Crippen molar-refractivity contribution in [2.24, 2.45) is 5.92 Å². The van der Waals surface area contributed by atoms with Gasteiger partial charge in [0.25, 0.3) is 0 Å². The van der Waals surface area contributed by atoms with Gasteiger partial charge in [0.2, 0.25) is 11.8 Å². The molecule has 0 bridgehead atoms. The zero-order valence-electron chi connectivity index (χ0n) is 16.3. The summed E-state index contributed by atoms with van der Waals surface area (Å²) < 4.78 is 1.95. The molecule has 0 spiro atoms. The molecule has 0 saturated carbocycles. The lowest BCUT2D eigenvalue weighted by Gasteiger charge is -2.14. The second-order valence-corrected chi connectivity index (χ2v) is 7.44. The SMILES string of the molecule is O=C(NCCCc1nnc2ccccn12)[C@@H]1CC(=O)N(c2n[nH]c3ccccc23)C1. The smallest absolute Gasteiger partial charge is 0.229 e. The second-order valence-electron chi connectivity index (χ2n) is 7.44. The number of fused-ring (bicyclic) bond motifs is 2. The van der Waals surface area contributed by atoms with Crippen LogP contribution in [0.25, 0.3) is 16.6 Å². The molecule has 1 aromatic carbocycles. The molecule has 2 amide bonds. The molecule has 1 aliphatic heterocycles. The first kappa shape index (κ1) is 18.3. The van der Waals surface area contributed by atoms with E-state index in [0.717, 1.165) is 28.8 Å². The third-order valence-corrected chi connectivity index (χ3v) is 5.46. The Morgan fingerprint density at radius 1 is 1.17 bits per heavy atom. The lowest BCUT2D eigenvalue weighted by Crippen LogP contribution is -2.33. The van der Waals surface area contributed by atoms with Gasteiger partial charge in [-0.2, -0.15) is 5.10 Å². The van der Waals surface area contributed by atoms with Gasteiger partial charge in [-0.1, -0.05) is 18.2 Å². The Balaban J connectivity index is 1.17. The number of hydrogen-bond donors (Lipinski definition) is 2. The Morgan fingerprint density at radius 3 is 2.97 bits per heavy atom. The molecule has 152 valence electrons. The van der Waals surface area contributed by atoms with Crippen molar-refractivity contribution in [3.8, 4) is 0 Å². The van der Waals surface area contributed by atoms with Gasteiger partial charge in [0, 0.05) is 37.5 Å². The van der Waals surface area contributed by atoms with Gasteiger partial charge >= 0.3 is 0 Å². The molecule has 5 rings (SSSR count). The number of pyridine rings is 1. The van der Waals surface area contributed by atoms with E-state index in [-0.39, 0.29) is 24.2 Å². The number of carbonyl (C=O) groups is 2. The minimum atomic E-state index is -0.373. The molecular formula is C21H21N7O2. The van der Waals surface area contributed by atoms with E-state index in [1.54, 1.807) is 4.90 Å². The van der Waals surface area contributed by atoms with Crippen LogP contribution in [0.15, 0.2) is 48.7 Å². The number of amides is 2. The predicted molar refractivity (Wildman–Crippen MR) is 111 cm³/mol. The minimum Gasteiger partial charge on any atom is -0.356 e. The standard InChI is InChI=1S/C21H21N7O2/c29-19-12-14(13-28(19)20-15-6-1-2-7-16(15)23-26-20)21(30)22-10-5-9-18-25-24-17-8-3-4-11-27(17)18/h1-4,6-8,11,14H,5,9-10,12-13H2,(H,22,30)(H,23,26)/t14-/m1/s1. The van der Waals surface area contributed by atoms with E-state index in [9.17, 15) is 9.59 Å². The van der Waals surface area contributed by atoms with Crippen molar-refractivity contribution in [3.05, 3.63) is 54.5 Å². The summed E-state index contributed by atoms with van der Waals surface area (Å²) in [6.07, 6.45) is 3.58. The molecule has 1 saturated heterocycles. The maximum Gasteiger partial charge on any atom is 0.229 e. The zero-order valence-corrected chi connectivity index (χ0v) is 16.3. The fraction of sp³-hybridized carbons (Fsp3) is 0.286. The number of benzene rings is 1. The van der Waals surface area contributed by atoms with Gasteiger partial charge in [0.1, 0.15) is 5.82 Å². The summed E-state index contributed by atoms with van der Waals surface area (Å²) in [7, 11) is 0. The predicted octanol–water partition coefficient (Wildman–Crippen LogP) is 1.71. The van der Waals surface area contributed by atoms with Crippen LogP contribution in [0.3, 0.4) is 0 Å². The Hall–Kier alpha value is -3.75. The van der Waals surface area contributed by atoms with Crippen LogP contribution in [0.4, 0.5) is 5.82 Å². The molecule has 30 heavy (non-hydrogen) atoms. The first-order chi connectivity index (χ1) is 14.7. The summed E-state index contributed by atoms with van der Waals surface area (Å²) in [4.78, 5) is 26.7. The van der Waals surface area contributed by atoms with Crippen molar-refractivity contribution in [1.29, 1.82) is 0 Å². The van der Waals surface area contributed by atoms with Crippen molar-refractivity contribution >= 4 is 34.2 Å². The molecule has 3 aromatic heterocycles. The number of para-hydroxylation sites is 1. The first-order valence-corrected chi connectivity index (χ1v) is 10.0. The monoisotopic (exact) mass is 403 g/mol. The van der Waals surface area contributed by atoms with Crippen molar-refractivity contribution in [2.75, 3.05) is 18.0 Å². The van der Waals surface area contributed by atoms with Gasteiger partial charge in [0.05, 0.1) is 11.4 Å². The third kappa shape index (κ3) is 3.28. The summed E-state index contributed by atoms with van der Waals surface area (Å²) in [5.74, 6) is 0.901. The third-order valence-electron chi connectivity index (χ3n) is 5.46. The number of nitrogens with zero attached hydrogens (tertiary/aromatic N) is 5. The van der Waals surface area contributed by atoms with Gasteiger partial charge in [0.15, 0.2) is 11.5 Å². The topological polar surface area (TPSA) is 108 Å². The fourth-order valence-electron chi connectivity index (χ4n) is 3.91. The average molecular weight is 403 g/mol. The Labute approximate surface area is 172 Å². The summed E-state index contributed by atoms with van der Waals surface area (Å²) in [5.41, 5.74) is 1.68. The maximum atomic E-state index is 12.6. The van der Waals surface area contributed by atoms with Crippen LogP contribution in [-0.2, 0) is 16.0 Å². The molecule has 0 unspecified atom stereocenters. The van der Waals surface area contributed by atoms with Crippen LogP contribution in [0, 0.1) is 5.92 Å². The quantitative estimate of drug-likeness (QED) is 0.477. The molecule has 2 N–H and O–H groups in total.